The van der Waals surface area contributed by atoms with Gasteiger partial charge >= 0.3 is 6.09 Å². The van der Waals surface area contributed by atoms with Gasteiger partial charge in [0.2, 0.25) is 0 Å². The number of likely N-dealkylation sites (tertiary alicyclic amines) is 1. The molecule has 1 aromatic carbocycles. The maximum atomic E-state index is 12.0. The van der Waals surface area contributed by atoms with E-state index in [2.05, 4.69) is 15.0 Å². The lowest BCUT2D eigenvalue weighted by molar-refractivity contribution is 0.0968. The summed E-state index contributed by atoms with van der Waals surface area (Å²) >= 11 is 0. The van der Waals surface area contributed by atoms with Gasteiger partial charge in [-0.05, 0) is 6.42 Å². The fraction of sp³-hybridized carbons (Fsp3) is 0.467. The molecule has 5 nitrogen and oxygen atoms in total. The van der Waals surface area contributed by atoms with E-state index in [1.165, 1.54) is 7.11 Å². The quantitative estimate of drug-likeness (QED) is 0.831. The van der Waals surface area contributed by atoms with Crippen molar-refractivity contribution in [3.8, 4) is 0 Å². The topological polar surface area (TPSA) is 58.6 Å². The minimum absolute atomic E-state index is 0.120. The normalized spacial score (nSPS) is 18.8. The molecule has 1 unspecified atom stereocenters. The van der Waals surface area contributed by atoms with Crippen LogP contribution >= 0.6 is 0 Å². The second kappa shape index (κ2) is 7.05. The first-order valence-electron chi connectivity index (χ1n) is 6.84. The van der Waals surface area contributed by atoms with Crippen LogP contribution in [0, 0.1) is 0 Å². The molecule has 108 valence electrons. The average molecular weight is 276 g/mol. The fourth-order valence-electron chi connectivity index (χ4n) is 2.41. The number of ketones is 1. The van der Waals surface area contributed by atoms with Crippen LogP contribution in [0.2, 0.25) is 0 Å². The number of Topliss-reactive ketones (excluding diaryl/α,β-unsaturated/α-hetero) is 1. The number of benzene rings is 1. The minimum atomic E-state index is -0.391. The Bertz CT molecular complexity index is 461. The van der Waals surface area contributed by atoms with Crippen molar-refractivity contribution in [2.24, 2.45) is 0 Å². The van der Waals surface area contributed by atoms with Crippen molar-refractivity contribution in [3.63, 3.8) is 0 Å². The van der Waals surface area contributed by atoms with Crippen molar-refractivity contribution in [2.45, 2.75) is 18.9 Å². The molecule has 0 spiro atoms. The van der Waals surface area contributed by atoms with E-state index >= 15 is 0 Å². The van der Waals surface area contributed by atoms with Gasteiger partial charge in [0, 0.05) is 37.7 Å². The van der Waals surface area contributed by atoms with Crippen LogP contribution in [0.15, 0.2) is 30.3 Å². The number of carbonyl (C=O) groups excluding carboxylic acids is 2. The van der Waals surface area contributed by atoms with Gasteiger partial charge in [-0.3, -0.25) is 4.79 Å². The molecule has 1 aliphatic heterocycles. The Morgan fingerprint density at radius 1 is 1.35 bits per heavy atom. The summed E-state index contributed by atoms with van der Waals surface area (Å²) in [5.74, 6) is 0.162. The van der Waals surface area contributed by atoms with Gasteiger partial charge in [0.25, 0.3) is 0 Å². The van der Waals surface area contributed by atoms with Crippen LogP contribution in [0.5, 0.6) is 0 Å². The van der Waals surface area contributed by atoms with E-state index in [9.17, 15) is 9.59 Å². The summed E-state index contributed by atoms with van der Waals surface area (Å²) in [6.07, 6.45) is 1.01. The summed E-state index contributed by atoms with van der Waals surface area (Å²) in [6.45, 7) is 2.40. The van der Waals surface area contributed by atoms with E-state index in [1.807, 2.05) is 30.3 Å². The summed E-state index contributed by atoms with van der Waals surface area (Å²) in [6, 6.07) is 9.45. The van der Waals surface area contributed by atoms with E-state index < -0.39 is 6.09 Å². The SMILES string of the molecule is COC(=O)NC1CCN(CCC(=O)c2ccccc2)C1. The summed E-state index contributed by atoms with van der Waals surface area (Å²) in [5.41, 5.74) is 0.760. The highest BCUT2D eigenvalue weighted by Gasteiger charge is 2.24. The first-order valence-corrected chi connectivity index (χ1v) is 6.84. The Balaban J connectivity index is 1.73. The molecular formula is C15H20N2O3. The number of methoxy groups -OCH3 is 1. The summed E-state index contributed by atoms with van der Waals surface area (Å²) in [4.78, 5) is 25.3. The standard InChI is InChI=1S/C15H20N2O3/c1-20-15(19)16-13-7-9-17(11-13)10-8-14(18)12-5-3-2-4-6-12/h2-6,13H,7-11H2,1H3,(H,16,19). The molecule has 20 heavy (non-hydrogen) atoms. The molecule has 0 bridgehead atoms. The predicted molar refractivity (Wildman–Crippen MR) is 75.8 cm³/mol. The Morgan fingerprint density at radius 3 is 2.80 bits per heavy atom. The first-order chi connectivity index (χ1) is 9.69. The number of carbonyl (C=O) groups is 2. The number of nitrogens with zero attached hydrogens (tertiary/aromatic N) is 1. The van der Waals surface area contributed by atoms with Crippen molar-refractivity contribution in [2.75, 3.05) is 26.7 Å². The van der Waals surface area contributed by atoms with Crippen LogP contribution < -0.4 is 5.32 Å². The molecule has 0 saturated carbocycles. The lowest BCUT2D eigenvalue weighted by Gasteiger charge is -2.15. The van der Waals surface area contributed by atoms with Crippen molar-refractivity contribution < 1.29 is 14.3 Å². The number of nitrogens with one attached hydrogen (secondary N) is 1. The second-order valence-electron chi connectivity index (χ2n) is 4.96. The third-order valence-electron chi connectivity index (χ3n) is 3.53. The first kappa shape index (κ1) is 14.5. The molecule has 1 aromatic rings. The zero-order valence-electron chi connectivity index (χ0n) is 11.7. The van der Waals surface area contributed by atoms with E-state index in [0.29, 0.717) is 6.42 Å². The van der Waals surface area contributed by atoms with E-state index in [1.54, 1.807) is 0 Å². The Morgan fingerprint density at radius 2 is 2.10 bits per heavy atom. The number of rotatable bonds is 5. The van der Waals surface area contributed by atoms with Gasteiger partial charge < -0.3 is 15.0 Å². The largest absolute Gasteiger partial charge is 0.453 e. The van der Waals surface area contributed by atoms with E-state index in [4.69, 9.17) is 0 Å². The second-order valence-corrected chi connectivity index (χ2v) is 4.96. The zero-order chi connectivity index (χ0) is 14.4. The molecule has 1 N–H and O–H groups in total. The molecule has 5 heteroatoms. The molecule has 0 aromatic heterocycles. The Labute approximate surface area is 118 Å². The van der Waals surface area contributed by atoms with Crippen molar-refractivity contribution in [1.29, 1.82) is 0 Å². The summed E-state index contributed by atoms with van der Waals surface area (Å²) < 4.78 is 4.58. The fourth-order valence-corrected chi connectivity index (χ4v) is 2.41. The average Bonchev–Trinajstić information content (AvgIpc) is 2.93. The number of hydrogen-bond donors (Lipinski definition) is 1. The lowest BCUT2D eigenvalue weighted by Crippen LogP contribution is -2.37. The van der Waals surface area contributed by atoms with Crippen LogP contribution in [-0.4, -0.2) is 49.6 Å². The van der Waals surface area contributed by atoms with E-state index in [0.717, 1.165) is 31.6 Å². The molecule has 2 rings (SSSR count). The highest BCUT2D eigenvalue weighted by atomic mass is 16.5. The van der Waals surface area contributed by atoms with Crippen LogP contribution in [0.3, 0.4) is 0 Å². The molecule has 1 heterocycles. The molecule has 1 fully saturated rings. The van der Waals surface area contributed by atoms with Crippen LogP contribution in [0.4, 0.5) is 4.79 Å². The maximum absolute atomic E-state index is 12.0. The third kappa shape index (κ3) is 4.06. The van der Waals surface area contributed by atoms with Gasteiger partial charge in [-0.15, -0.1) is 0 Å². The number of hydrogen-bond acceptors (Lipinski definition) is 4. The number of ether oxygens (including phenoxy) is 1. The van der Waals surface area contributed by atoms with Gasteiger partial charge in [-0.2, -0.15) is 0 Å². The highest BCUT2D eigenvalue weighted by Crippen LogP contribution is 2.11. The van der Waals surface area contributed by atoms with Crippen LogP contribution in [0.1, 0.15) is 23.2 Å². The highest BCUT2D eigenvalue weighted by molar-refractivity contribution is 5.96. The molecule has 1 aliphatic rings. The van der Waals surface area contributed by atoms with Crippen molar-refractivity contribution >= 4 is 11.9 Å². The van der Waals surface area contributed by atoms with Gasteiger partial charge in [-0.1, -0.05) is 30.3 Å². The van der Waals surface area contributed by atoms with Crippen LogP contribution in [-0.2, 0) is 4.74 Å². The molecule has 1 amide bonds. The maximum Gasteiger partial charge on any atom is 0.407 e. The molecule has 0 aliphatic carbocycles. The minimum Gasteiger partial charge on any atom is -0.453 e. The summed E-state index contributed by atoms with van der Waals surface area (Å²) in [7, 11) is 1.36. The third-order valence-corrected chi connectivity index (χ3v) is 3.53. The van der Waals surface area contributed by atoms with Gasteiger partial charge in [0.15, 0.2) is 5.78 Å². The molecule has 0 radical (unpaired) electrons. The van der Waals surface area contributed by atoms with Gasteiger partial charge in [0.05, 0.1) is 7.11 Å². The monoisotopic (exact) mass is 276 g/mol. The van der Waals surface area contributed by atoms with Gasteiger partial charge in [0.1, 0.15) is 0 Å². The van der Waals surface area contributed by atoms with Gasteiger partial charge in [-0.25, -0.2) is 4.79 Å². The Kier molecular flexibility index (Phi) is 5.12. The molecular weight excluding hydrogens is 256 g/mol. The summed E-state index contributed by atoms with van der Waals surface area (Å²) in [5, 5.41) is 2.79. The Hall–Kier alpha value is -1.88. The zero-order valence-corrected chi connectivity index (χ0v) is 11.7. The van der Waals surface area contributed by atoms with Crippen molar-refractivity contribution in [3.05, 3.63) is 35.9 Å². The molecule has 1 atom stereocenters. The number of alkyl carbamates (subject to hydrolysis) is 1. The number of amides is 1. The van der Waals surface area contributed by atoms with Crippen molar-refractivity contribution in [1.82, 2.24) is 10.2 Å². The van der Waals surface area contributed by atoms with E-state index in [-0.39, 0.29) is 11.8 Å². The smallest absolute Gasteiger partial charge is 0.407 e. The molecule has 1 saturated heterocycles. The predicted octanol–water partition coefficient (Wildman–Crippen LogP) is 1.69. The lowest BCUT2D eigenvalue weighted by atomic mass is 10.1. The van der Waals surface area contributed by atoms with Crippen LogP contribution in [0.25, 0.3) is 0 Å².